The monoisotopic (exact) mass is 386 g/mol. The first-order valence-corrected chi connectivity index (χ1v) is 9.63. The number of hydrogen-bond acceptors (Lipinski definition) is 4. The first kappa shape index (κ1) is 18.7. The molecule has 0 aliphatic carbocycles. The van der Waals surface area contributed by atoms with Gasteiger partial charge in [0.2, 0.25) is 5.91 Å². The molecule has 2 rings (SSSR count). The van der Waals surface area contributed by atoms with Gasteiger partial charge in [0.1, 0.15) is 5.25 Å². The molecule has 1 N–H and O–H groups in total. The van der Waals surface area contributed by atoms with E-state index in [0.717, 1.165) is 0 Å². The smallest absolute Gasteiger partial charge is 0.221 e. The van der Waals surface area contributed by atoms with Gasteiger partial charge in [0.05, 0.1) is 4.90 Å². The largest absolute Gasteiger partial charge is 0.354 e. The van der Waals surface area contributed by atoms with E-state index < -0.39 is 15.1 Å². The number of pyridine rings is 1. The Morgan fingerprint density at radius 1 is 1.21 bits per heavy atom. The molecule has 0 spiro atoms. The Bertz CT molecular complexity index is 781. The lowest BCUT2D eigenvalue weighted by atomic mass is 10.2. The molecule has 1 heterocycles. The summed E-state index contributed by atoms with van der Waals surface area (Å²) >= 11 is 11.3. The number of sulfone groups is 1. The molecule has 0 radical (unpaired) electrons. The maximum absolute atomic E-state index is 13.0. The van der Waals surface area contributed by atoms with E-state index in [1.54, 1.807) is 18.3 Å². The number of alkyl halides is 1. The highest BCUT2D eigenvalue weighted by molar-refractivity contribution is 7.91. The molecule has 5 nitrogen and oxygen atoms in total. The molecule has 24 heavy (non-hydrogen) atoms. The van der Waals surface area contributed by atoms with Gasteiger partial charge in [-0.25, -0.2) is 8.42 Å². The van der Waals surface area contributed by atoms with Crippen molar-refractivity contribution >= 4 is 38.9 Å². The number of amides is 1. The van der Waals surface area contributed by atoms with Gasteiger partial charge in [-0.05, 0) is 35.9 Å². The Morgan fingerprint density at radius 3 is 2.50 bits per heavy atom. The molecule has 8 heteroatoms. The number of aromatic nitrogens is 1. The van der Waals surface area contributed by atoms with Gasteiger partial charge in [0.25, 0.3) is 0 Å². The van der Waals surface area contributed by atoms with Crippen LogP contribution in [0.15, 0.2) is 53.7 Å². The summed E-state index contributed by atoms with van der Waals surface area (Å²) in [6, 6.07) is 9.24. The number of hydrogen-bond donors (Lipinski definition) is 1. The van der Waals surface area contributed by atoms with Crippen molar-refractivity contribution in [3.05, 3.63) is 59.4 Å². The molecule has 0 unspecified atom stereocenters. The van der Waals surface area contributed by atoms with Crippen LogP contribution in [0.25, 0.3) is 0 Å². The van der Waals surface area contributed by atoms with Crippen molar-refractivity contribution in [2.75, 3.05) is 12.4 Å². The van der Waals surface area contributed by atoms with E-state index in [9.17, 15) is 13.2 Å². The minimum absolute atomic E-state index is 0.0631. The van der Waals surface area contributed by atoms with Crippen LogP contribution in [0.3, 0.4) is 0 Å². The van der Waals surface area contributed by atoms with Crippen molar-refractivity contribution in [2.24, 2.45) is 0 Å². The number of halogens is 2. The number of nitrogens with one attached hydrogen (secondary N) is 1. The van der Waals surface area contributed by atoms with Crippen LogP contribution < -0.4 is 5.32 Å². The Kier molecular flexibility index (Phi) is 6.60. The highest BCUT2D eigenvalue weighted by Gasteiger charge is 2.29. The van der Waals surface area contributed by atoms with Gasteiger partial charge < -0.3 is 5.32 Å². The lowest BCUT2D eigenvalue weighted by Gasteiger charge is -2.18. The van der Waals surface area contributed by atoms with Crippen LogP contribution in [0, 0.1) is 0 Å². The lowest BCUT2D eigenvalue weighted by Crippen LogP contribution is -2.32. The summed E-state index contributed by atoms with van der Waals surface area (Å²) in [7, 11) is -3.73. The Balaban J connectivity index is 2.34. The van der Waals surface area contributed by atoms with Gasteiger partial charge in [-0.15, -0.1) is 11.6 Å². The second-order valence-corrected chi connectivity index (χ2v) is 7.96. The summed E-state index contributed by atoms with van der Waals surface area (Å²) in [5.74, 6) is -0.127. The molecule has 0 bridgehead atoms. The number of nitrogens with zero attached hydrogens (tertiary/aromatic N) is 1. The maximum atomic E-state index is 13.0. The van der Waals surface area contributed by atoms with Crippen LogP contribution in [0.2, 0.25) is 5.02 Å². The summed E-state index contributed by atoms with van der Waals surface area (Å²) < 4.78 is 25.9. The molecular formula is C16H16Cl2N2O3S. The molecule has 128 valence electrons. The Morgan fingerprint density at radius 2 is 1.92 bits per heavy atom. The summed E-state index contributed by atoms with van der Waals surface area (Å²) in [4.78, 5) is 15.8. The second kappa shape index (κ2) is 8.46. The van der Waals surface area contributed by atoms with Gasteiger partial charge in [-0.2, -0.15) is 0 Å². The quantitative estimate of drug-likeness (QED) is 0.741. The van der Waals surface area contributed by atoms with Gasteiger partial charge in [-0.1, -0.05) is 17.7 Å². The molecule has 1 aromatic heterocycles. The average Bonchev–Trinajstić information content (AvgIpc) is 2.56. The van der Waals surface area contributed by atoms with Crippen molar-refractivity contribution in [2.45, 2.75) is 16.6 Å². The van der Waals surface area contributed by atoms with E-state index in [0.29, 0.717) is 10.6 Å². The van der Waals surface area contributed by atoms with Crippen LogP contribution in [0.5, 0.6) is 0 Å². The first-order valence-electron chi connectivity index (χ1n) is 7.17. The molecule has 1 atom stereocenters. The standard InChI is InChI=1S/C16H16Cl2N2O3S/c17-8-7-16(21)20-11-15(12-2-1-9-19-10-12)24(22,23)14-5-3-13(18)4-6-14/h1-6,9-10,15H,7-8,11H2,(H,20,21)/t15-/m1/s1. The van der Waals surface area contributed by atoms with Crippen LogP contribution in [0.1, 0.15) is 17.2 Å². The third-order valence-corrected chi connectivity index (χ3v) is 5.94. The van der Waals surface area contributed by atoms with Crippen LogP contribution in [-0.4, -0.2) is 31.7 Å². The zero-order chi connectivity index (χ0) is 17.6. The predicted molar refractivity (Wildman–Crippen MR) is 94.0 cm³/mol. The molecule has 0 saturated heterocycles. The third-order valence-electron chi connectivity index (χ3n) is 3.38. The molecule has 1 aromatic carbocycles. The van der Waals surface area contributed by atoms with Crippen LogP contribution >= 0.6 is 23.2 Å². The fourth-order valence-corrected chi connectivity index (χ4v) is 4.08. The van der Waals surface area contributed by atoms with E-state index >= 15 is 0 Å². The lowest BCUT2D eigenvalue weighted by molar-refractivity contribution is -0.120. The summed E-state index contributed by atoms with van der Waals surface area (Å²) in [6.45, 7) is -0.0631. The van der Waals surface area contributed by atoms with Crippen LogP contribution in [0.4, 0.5) is 0 Å². The van der Waals surface area contributed by atoms with Crippen molar-refractivity contribution in [1.29, 1.82) is 0 Å². The second-order valence-electron chi connectivity index (χ2n) is 5.02. The van der Waals surface area contributed by atoms with Gasteiger partial charge in [0.15, 0.2) is 9.84 Å². The minimum atomic E-state index is -3.73. The fourth-order valence-electron chi connectivity index (χ4n) is 2.14. The number of carbonyl (C=O) groups excluding carboxylic acids is 1. The minimum Gasteiger partial charge on any atom is -0.354 e. The van der Waals surface area contributed by atoms with Crippen molar-refractivity contribution in [3.63, 3.8) is 0 Å². The molecule has 0 fully saturated rings. The fraction of sp³-hybridized carbons (Fsp3) is 0.250. The highest BCUT2D eigenvalue weighted by atomic mass is 35.5. The van der Waals surface area contributed by atoms with Gasteiger partial charge >= 0.3 is 0 Å². The van der Waals surface area contributed by atoms with Crippen molar-refractivity contribution < 1.29 is 13.2 Å². The van der Waals surface area contributed by atoms with Gasteiger partial charge in [-0.3, -0.25) is 9.78 Å². The SMILES string of the molecule is O=C(CCCl)NC[C@H](c1cccnc1)S(=O)(=O)c1ccc(Cl)cc1. The normalized spacial score (nSPS) is 12.6. The Labute approximate surface area is 150 Å². The number of carbonyl (C=O) groups is 1. The van der Waals surface area contributed by atoms with Crippen molar-refractivity contribution in [1.82, 2.24) is 10.3 Å². The van der Waals surface area contributed by atoms with E-state index in [1.165, 1.54) is 30.5 Å². The molecule has 2 aromatic rings. The topological polar surface area (TPSA) is 76.1 Å². The van der Waals surface area contributed by atoms with E-state index in [4.69, 9.17) is 23.2 Å². The molecular weight excluding hydrogens is 371 g/mol. The average molecular weight is 387 g/mol. The first-order chi connectivity index (χ1) is 11.4. The summed E-state index contributed by atoms with van der Waals surface area (Å²) in [5, 5.41) is 2.11. The predicted octanol–water partition coefficient (Wildman–Crippen LogP) is 3.00. The molecule has 0 aliphatic rings. The Hall–Kier alpha value is -1.63. The van der Waals surface area contributed by atoms with Crippen molar-refractivity contribution in [3.8, 4) is 0 Å². The number of benzene rings is 1. The zero-order valence-corrected chi connectivity index (χ0v) is 15.0. The van der Waals surface area contributed by atoms with E-state index in [2.05, 4.69) is 10.3 Å². The van der Waals surface area contributed by atoms with Gasteiger partial charge in [0, 0.05) is 36.3 Å². The summed E-state index contributed by atoms with van der Waals surface area (Å²) in [5.41, 5.74) is 0.499. The summed E-state index contributed by atoms with van der Waals surface area (Å²) in [6.07, 6.45) is 3.16. The van der Waals surface area contributed by atoms with E-state index in [1.807, 2.05) is 0 Å². The van der Waals surface area contributed by atoms with Crippen LogP contribution in [-0.2, 0) is 14.6 Å². The zero-order valence-electron chi connectivity index (χ0n) is 12.7. The third kappa shape index (κ3) is 4.69. The number of rotatable bonds is 7. The van der Waals surface area contributed by atoms with E-state index in [-0.39, 0.29) is 29.6 Å². The highest BCUT2D eigenvalue weighted by Crippen LogP contribution is 2.28. The molecule has 1 amide bonds. The molecule has 0 saturated carbocycles. The maximum Gasteiger partial charge on any atom is 0.221 e. The molecule has 0 aliphatic heterocycles.